The van der Waals surface area contributed by atoms with Crippen LogP contribution in [0.3, 0.4) is 0 Å². The molecule has 3 aliphatic heterocycles. The number of carbonyl (C=O) groups is 2. The molecule has 27 heavy (non-hydrogen) atoms. The number of nitrogens with zero attached hydrogens (tertiary/aromatic N) is 2. The van der Waals surface area contributed by atoms with Crippen molar-refractivity contribution in [1.82, 2.24) is 0 Å². The van der Waals surface area contributed by atoms with Gasteiger partial charge in [-0.2, -0.15) is 0 Å². The van der Waals surface area contributed by atoms with Crippen molar-refractivity contribution in [2.75, 3.05) is 11.5 Å². The van der Waals surface area contributed by atoms with Gasteiger partial charge >= 0.3 is 0 Å². The number of anilines is 1. The second-order valence-electron chi connectivity index (χ2n) is 7.51. The van der Waals surface area contributed by atoms with Crippen LogP contribution in [0.4, 0.5) is 11.4 Å². The van der Waals surface area contributed by atoms with E-state index in [0.29, 0.717) is 24.2 Å². The molecule has 3 heterocycles. The third kappa shape index (κ3) is 2.01. The average molecular weight is 362 g/mol. The fourth-order valence-electron chi connectivity index (χ4n) is 5.23. The number of ether oxygens (including phenoxy) is 1. The molecule has 5 rings (SSSR count). The van der Waals surface area contributed by atoms with E-state index in [1.807, 2.05) is 24.3 Å². The van der Waals surface area contributed by atoms with Crippen LogP contribution in [-0.4, -0.2) is 35.2 Å². The number of aliphatic hydroxyl groups excluding tert-OH is 1. The summed E-state index contributed by atoms with van der Waals surface area (Å²) < 4.78 is 6.05. The van der Waals surface area contributed by atoms with Crippen molar-refractivity contribution in [1.29, 1.82) is 0 Å². The van der Waals surface area contributed by atoms with Crippen molar-refractivity contribution in [3.63, 3.8) is 0 Å². The van der Waals surface area contributed by atoms with E-state index >= 15 is 0 Å². The Morgan fingerprint density at radius 3 is 2.70 bits per heavy atom. The number of benzene rings is 2. The molecule has 0 aromatic heterocycles. The fourth-order valence-corrected chi connectivity index (χ4v) is 5.23. The maximum absolute atomic E-state index is 13.3. The molecule has 4 atom stereocenters. The van der Waals surface area contributed by atoms with Gasteiger partial charge in [-0.1, -0.05) is 30.3 Å². The van der Waals surface area contributed by atoms with Gasteiger partial charge in [0.1, 0.15) is 0 Å². The molecular formula is C21H18N2O4. The number of hydrogen-bond donors (Lipinski definition) is 1. The number of aliphatic hydroxyl groups is 1. The largest absolute Gasteiger partial charge is 0.396 e. The van der Waals surface area contributed by atoms with Crippen molar-refractivity contribution in [3.05, 3.63) is 47.8 Å². The van der Waals surface area contributed by atoms with Crippen molar-refractivity contribution in [2.45, 2.75) is 31.0 Å². The van der Waals surface area contributed by atoms with Crippen LogP contribution in [0.15, 0.2) is 36.4 Å². The molecule has 6 heteroatoms. The molecule has 1 N–H and O–H groups in total. The molecule has 0 radical (unpaired) electrons. The zero-order chi connectivity index (χ0) is 18.8. The quantitative estimate of drug-likeness (QED) is 0.673. The third-order valence-electron chi connectivity index (χ3n) is 6.33. The molecule has 0 aliphatic carbocycles. The van der Waals surface area contributed by atoms with Gasteiger partial charge in [-0.25, -0.2) is 9.74 Å². The first kappa shape index (κ1) is 16.4. The van der Waals surface area contributed by atoms with Crippen molar-refractivity contribution < 1.29 is 19.4 Å². The summed E-state index contributed by atoms with van der Waals surface area (Å²) in [6, 6.07) is 10.7. The van der Waals surface area contributed by atoms with Gasteiger partial charge in [0.2, 0.25) is 11.8 Å². The summed E-state index contributed by atoms with van der Waals surface area (Å²) in [5.41, 5.74) is 0.299. The molecule has 6 nitrogen and oxygen atoms in total. The van der Waals surface area contributed by atoms with Crippen molar-refractivity contribution >= 4 is 34.0 Å². The lowest BCUT2D eigenvalue weighted by molar-refractivity contribution is -0.128. The molecule has 2 aromatic rings. The molecule has 136 valence electrons. The van der Waals surface area contributed by atoms with Crippen LogP contribution < -0.4 is 4.90 Å². The second-order valence-corrected chi connectivity index (χ2v) is 7.51. The highest BCUT2D eigenvalue weighted by atomic mass is 16.5. The summed E-state index contributed by atoms with van der Waals surface area (Å²) >= 11 is 0. The highest BCUT2D eigenvalue weighted by Gasteiger charge is 2.69. The first-order valence-electron chi connectivity index (χ1n) is 9.17. The summed E-state index contributed by atoms with van der Waals surface area (Å²) in [6.07, 6.45) is 1.56. The zero-order valence-electron chi connectivity index (χ0n) is 14.6. The second kappa shape index (κ2) is 5.62. The number of rotatable bonds is 3. The van der Waals surface area contributed by atoms with Crippen molar-refractivity contribution in [2.24, 2.45) is 11.8 Å². The Hall–Kier alpha value is -2.75. The monoisotopic (exact) mass is 362 g/mol. The summed E-state index contributed by atoms with van der Waals surface area (Å²) in [5, 5.41) is 10.9. The van der Waals surface area contributed by atoms with Gasteiger partial charge in [0.25, 0.3) is 0 Å². The molecule has 3 aliphatic rings. The first-order valence-corrected chi connectivity index (χ1v) is 9.17. The van der Waals surface area contributed by atoms with Gasteiger partial charge in [0, 0.05) is 13.0 Å². The summed E-state index contributed by atoms with van der Waals surface area (Å²) in [7, 11) is 0. The molecule has 0 spiro atoms. The summed E-state index contributed by atoms with van der Waals surface area (Å²) in [5.74, 6) is -1.48. The Balaban J connectivity index is 1.65. The van der Waals surface area contributed by atoms with Crippen LogP contribution in [0.25, 0.3) is 15.6 Å². The Kier molecular flexibility index (Phi) is 3.42. The van der Waals surface area contributed by atoms with Gasteiger partial charge in [-0.3, -0.25) is 9.59 Å². The minimum absolute atomic E-state index is 0.0694. The van der Waals surface area contributed by atoms with Crippen LogP contribution in [0.1, 0.15) is 19.3 Å². The van der Waals surface area contributed by atoms with E-state index in [1.165, 1.54) is 4.90 Å². The van der Waals surface area contributed by atoms with Gasteiger partial charge in [0.15, 0.2) is 5.69 Å². The van der Waals surface area contributed by atoms with E-state index in [9.17, 15) is 14.7 Å². The minimum Gasteiger partial charge on any atom is -0.396 e. The Labute approximate surface area is 156 Å². The van der Waals surface area contributed by atoms with Crippen LogP contribution in [0.2, 0.25) is 0 Å². The van der Waals surface area contributed by atoms with E-state index in [4.69, 9.17) is 11.3 Å². The zero-order valence-corrected chi connectivity index (χ0v) is 14.6. The van der Waals surface area contributed by atoms with Crippen LogP contribution >= 0.6 is 0 Å². The number of carbonyl (C=O) groups excluding carboxylic acids is 2. The smallest absolute Gasteiger partial charge is 0.240 e. The third-order valence-corrected chi connectivity index (χ3v) is 6.33. The number of amides is 2. The standard InChI is InChI=1S/C21H18N2O4/c1-22-14-6-7-15(13-5-3-2-4-12(13)14)23-19(25)17-16-8-9-21(27-16,10-11-24)18(17)20(23)26/h2-7,16-18,24H,8-11H2/t16?,17-,18+,21?/m1/s1. The van der Waals surface area contributed by atoms with Gasteiger partial charge in [-0.15, -0.1) is 0 Å². The van der Waals surface area contributed by atoms with Crippen molar-refractivity contribution in [3.8, 4) is 0 Å². The minimum atomic E-state index is -0.724. The van der Waals surface area contributed by atoms with Crippen LogP contribution in [0.5, 0.6) is 0 Å². The topological polar surface area (TPSA) is 71.2 Å². The summed E-state index contributed by atoms with van der Waals surface area (Å²) in [6.45, 7) is 7.29. The average Bonchev–Trinajstić information content (AvgIpc) is 3.32. The maximum Gasteiger partial charge on any atom is 0.240 e. The van der Waals surface area contributed by atoms with E-state index < -0.39 is 17.4 Å². The van der Waals surface area contributed by atoms with E-state index in [2.05, 4.69) is 4.85 Å². The molecule has 2 bridgehead atoms. The molecule has 2 unspecified atom stereocenters. The molecule has 3 fully saturated rings. The molecule has 2 amide bonds. The maximum atomic E-state index is 13.3. The van der Waals surface area contributed by atoms with Crippen LogP contribution in [0, 0.1) is 18.4 Å². The number of fused-ring (bicyclic) bond motifs is 6. The van der Waals surface area contributed by atoms with E-state index in [-0.39, 0.29) is 24.5 Å². The van der Waals surface area contributed by atoms with Gasteiger partial charge in [-0.05, 0) is 29.7 Å². The summed E-state index contributed by atoms with van der Waals surface area (Å²) in [4.78, 5) is 31.4. The van der Waals surface area contributed by atoms with Gasteiger partial charge < -0.3 is 9.84 Å². The molecule has 3 saturated heterocycles. The molecule has 0 saturated carbocycles. The van der Waals surface area contributed by atoms with E-state index in [1.54, 1.807) is 12.1 Å². The highest BCUT2D eigenvalue weighted by Crippen LogP contribution is 2.57. The number of imide groups is 1. The molecule has 2 aromatic carbocycles. The lowest BCUT2D eigenvalue weighted by Crippen LogP contribution is -2.42. The Morgan fingerprint density at radius 2 is 1.96 bits per heavy atom. The lowest BCUT2D eigenvalue weighted by atomic mass is 9.71. The van der Waals surface area contributed by atoms with E-state index in [0.717, 1.165) is 17.2 Å². The Bertz CT molecular complexity index is 1030. The highest BCUT2D eigenvalue weighted by molar-refractivity contribution is 6.26. The number of hydrogen-bond acceptors (Lipinski definition) is 4. The molecular weight excluding hydrogens is 344 g/mol. The van der Waals surface area contributed by atoms with Crippen LogP contribution in [-0.2, 0) is 14.3 Å². The Morgan fingerprint density at radius 1 is 1.19 bits per heavy atom. The first-order chi connectivity index (χ1) is 13.1. The van der Waals surface area contributed by atoms with Gasteiger partial charge in [0.05, 0.1) is 35.8 Å². The predicted molar refractivity (Wildman–Crippen MR) is 98.2 cm³/mol. The predicted octanol–water partition coefficient (Wildman–Crippen LogP) is 2.81. The SMILES string of the molecule is [C-]#[N+]c1ccc(N2C(=O)[C@@H]3C4CCC(CCO)(O4)[C@@H]3C2=O)c2ccccc12. The normalized spacial score (nSPS) is 31.6. The fraction of sp³-hybridized carbons (Fsp3) is 0.381. The lowest BCUT2D eigenvalue weighted by Gasteiger charge is -2.30.